The molecule has 14 heavy (non-hydrogen) atoms. The third-order valence-corrected chi connectivity index (χ3v) is 3.53. The number of fused-ring (bicyclic) bond motifs is 1. The van der Waals surface area contributed by atoms with Crippen LogP contribution < -0.4 is 0 Å². The molecule has 1 nitrogen and oxygen atoms in total. The van der Waals surface area contributed by atoms with Crippen LogP contribution in [0.5, 0.6) is 0 Å². The minimum absolute atomic E-state index is 0.0862. The second-order valence-corrected chi connectivity index (χ2v) is 4.59. The van der Waals surface area contributed by atoms with Crippen molar-refractivity contribution >= 4 is 15.9 Å². The lowest BCUT2D eigenvalue weighted by atomic mass is 9.94. The predicted octanol–water partition coefficient (Wildman–Crippen LogP) is 3.78. The molecular weight excluding hydrogens is 238 g/mol. The van der Waals surface area contributed by atoms with Gasteiger partial charge in [-0.05, 0) is 36.5 Å². The number of hydrogen-bond acceptors (Lipinski definition) is 1. The van der Waals surface area contributed by atoms with E-state index in [0.717, 1.165) is 17.3 Å². The Balaban J connectivity index is 2.52. The normalized spacial score (nSPS) is 20.7. The van der Waals surface area contributed by atoms with Gasteiger partial charge in [-0.25, -0.2) is 0 Å². The average molecular weight is 250 g/mol. The van der Waals surface area contributed by atoms with Crippen molar-refractivity contribution in [2.75, 3.05) is 0 Å². The van der Waals surface area contributed by atoms with Crippen molar-refractivity contribution in [2.24, 2.45) is 0 Å². The van der Waals surface area contributed by atoms with Gasteiger partial charge in [-0.3, -0.25) is 0 Å². The molecule has 0 saturated carbocycles. The molecular formula is C12H12BrN. The number of hydrogen-bond donors (Lipinski definition) is 0. The monoisotopic (exact) mass is 249 g/mol. The Kier molecular flexibility index (Phi) is 2.88. The van der Waals surface area contributed by atoms with Gasteiger partial charge in [-0.1, -0.05) is 34.5 Å². The van der Waals surface area contributed by atoms with Crippen molar-refractivity contribution in [3.8, 4) is 6.07 Å². The Hall–Kier alpha value is -0.810. The highest BCUT2D eigenvalue weighted by Gasteiger charge is 2.20. The van der Waals surface area contributed by atoms with Crippen LogP contribution in [-0.2, 0) is 6.42 Å². The third kappa shape index (κ3) is 1.69. The first-order valence-electron chi connectivity index (χ1n) is 5.00. The minimum Gasteiger partial charge on any atom is -0.198 e. The van der Waals surface area contributed by atoms with Crippen LogP contribution in [0.4, 0.5) is 0 Å². The van der Waals surface area contributed by atoms with E-state index in [1.54, 1.807) is 0 Å². The van der Waals surface area contributed by atoms with E-state index in [9.17, 15) is 0 Å². The Bertz CT molecular complexity index is 378. The topological polar surface area (TPSA) is 23.8 Å². The van der Waals surface area contributed by atoms with Gasteiger partial charge in [0.25, 0.3) is 0 Å². The lowest BCUT2D eigenvalue weighted by molar-refractivity contribution is 0.675. The van der Waals surface area contributed by atoms with Crippen molar-refractivity contribution in [1.82, 2.24) is 0 Å². The van der Waals surface area contributed by atoms with E-state index in [0.29, 0.717) is 0 Å². The first kappa shape index (κ1) is 9.73. The molecule has 0 fully saturated rings. The molecule has 72 valence electrons. The van der Waals surface area contributed by atoms with Crippen LogP contribution in [-0.4, -0.2) is 0 Å². The summed E-state index contributed by atoms with van der Waals surface area (Å²) in [5, 5.41) is 9.12. The van der Waals surface area contributed by atoms with Crippen LogP contribution in [0.3, 0.4) is 0 Å². The molecule has 1 unspecified atom stereocenters. The van der Waals surface area contributed by atoms with Gasteiger partial charge in [-0.15, -0.1) is 0 Å². The summed E-state index contributed by atoms with van der Waals surface area (Å²) in [7, 11) is 0. The second-order valence-electron chi connectivity index (χ2n) is 3.74. The number of nitrogens with zero attached hydrogens (tertiary/aromatic N) is 1. The maximum absolute atomic E-state index is 9.12. The summed E-state index contributed by atoms with van der Waals surface area (Å²) in [5.74, 6) is 0.0862. The molecule has 0 saturated heterocycles. The van der Waals surface area contributed by atoms with Gasteiger partial charge in [0.2, 0.25) is 0 Å². The molecule has 0 heterocycles. The zero-order valence-electron chi connectivity index (χ0n) is 7.96. The fraction of sp³-hybridized carbons (Fsp3) is 0.417. The minimum atomic E-state index is 0.0862. The highest BCUT2D eigenvalue weighted by Crippen LogP contribution is 2.34. The van der Waals surface area contributed by atoms with Crippen molar-refractivity contribution in [3.63, 3.8) is 0 Å². The summed E-state index contributed by atoms with van der Waals surface area (Å²) in [5.41, 5.74) is 2.58. The molecule has 0 spiro atoms. The number of rotatable bonds is 0. The molecule has 2 heteroatoms. The van der Waals surface area contributed by atoms with E-state index in [-0.39, 0.29) is 5.92 Å². The van der Waals surface area contributed by atoms with Gasteiger partial charge in [0.1, 0.15) is 0 Å². The van der Waals surface area contributed by atoms with Gasteiger partial charge in [0, 0.05) is 4.47 Å². The number of aryl methyl sites for hydroxylation is 1. The van der Waals surface area contributed by atoms with Crippen LogP contribution in [0.1, 0.15) is 36.3 Å². The molecule has 1 aliphatic rings. The standard InChI is InChI=1S/C12H12BrN/c13-11-7-3-6-9-4-1-2-5-10(8-14)12(9)11/h3,6-7,10H,1-2,4-5H2. The van der Waals surface area contributed by atoms with Crippen molar-refractivity contribution < 1.29 is 0 Å². The summed E-state index contributed by atoms with van der Waals surface area (Å²) in [4.78, 5) is 0. The number of benzene rings is 1. The van der Waals surface area contributed by atoms with Crippen molar-refractivity contribution in [3.05, 3.63) is 33.8 Å². The SMILES string of the molecule is N#CC1CCCCc2cccc(Br)c21. The van der Waals surface area contributed by atoms with Crippen LogP contribution >= 0.6 is 15.9 Å². The van der Waals surface area contributed by atoms with E-state index >= 15 is 0 Å². The van der Waals surface area contributed by atoms with Gasteiger partial charge in [0.05, 0.1) is 12.0 Å². The Morgan fingerprint density at radius 1 is 1.36 bits per heavy atom. The van der Waals surface area contributed by atoms with Crippen LogP contribution in [0.15, 0.2) is 22.7 Å². The Morgan fingerprint density at radius 2 is 2.21 bits per heavy atom. The van der Waals surface area contributed by atoms with Crippen LogP contribution in [0, 0.1) is 11.3 Å². The predicted molar refractivity (Wildman–Crippen MR) is 60.1 cm³/mol. The fourth-order valence-electron chi connectivity index (χ4n) is 2.13. The third-order valence-electron chi connectivity index (χ3n) is 2.84. The first-order valence-corrected chi connectivity index (χ1v) is 5.79. The summed E-state index contributed by atoms with van der Waals surface area (Å²) in [6.45, 7) is 0. The maximum Gasteiger partial charge on any atom is 0.0726 e. The first-order chi connectivity index (χ1) is 6.83. The second kappa shape index (κ2) is 4.14. The highest BCUT2D eigenvalue weighted by molar-refractivity contribution is 9.10. The van der Waals surface area contributed by atoms with Gasteiger partial charge >= 0.3 is 0 Å². The lowest BCUT2D eigenvalue weighted by Crippen LogP contribution is -1.98. The Labute approximate surface area is 92.9 Å². The fourth-order valence-corrected chi connectivity index (χ4v) is 2.81. The van der Waals surface area contributed by atoms with Crippen LogP contribution in [0.25, 0.3) is 0 Å². The van der Waals surface area contributed by atoms with E-state index in [4.69, 9.17) is 5.26 Å². The highest BCUT2D eigenvalue weighted by atomic mass is 79.9. The molecule has 0 aromatic heterocycles. The molecule has 1 aromatic rings. The molecule has 0 bridgehead atoms. The lowest BCUT2D eigenvalue weighted by Gasteiger charge is -2.11. The summed E-state index contributed by atoms with van der Waals surface area (Å²) >= 11 is 3.55. The van der Waals surface area contributed by atoms with Gasteiger partial charge < -0.3 is 0 Å². The molecule has 0 N–H and O–H groups in total. The van der Waals surface area contributed by atoms with Gasteiger partial charge in [0.15, 0.2) is 0 Å². The average Bonchev–Trinajstić information content (AvgIpc) is 2.40. The van der Waals surface area contributed by atoms with Crippen LogP contribution in [0.2, 0.25) is 0 Å². The summed E-state index contributed by atoms with van der Waals surface area (Å²) in [6, 6.07) is 8.65. The van der Waals surface area contributed by atoms with Crippen molar-refractivity contribution in [1.29, 1.82) is 5.26 Å². The van der Waals surface area contributed by atoms with E-state index in [1.165, 1.54) is 24.0 Å². The van der Waals surface area contributed by atoms with E-state index in [1.807, 2.05) is 6.07 Å². The number of halogens is 1. The molecule has 1 aromatic carbocycles. The van der Waals surface area contributed by atoms with Gasteiger partial charge in [-0.2, -0.15) is 5.26 Å². The van der Waals surface area contributed by atoms with Crippen molar-refractivity contribution in [2.45, 2.75) is 31.6 Å². The van der Waals surface area contributed by atoms with E-state index in [2.05, 4.69) is 34.1 Å². The molecule has 1 atom stereocenters. The zero-order valence-corrected chi connectivity index (χ0v) is 9.55. The number of nitriles is 1. The Morgan fingerprint density at radius 3 is 3.00 bits per heavy atom. The van der Waals surface area contributed by atoms with E-state index < -0.39 is 0 Å². The maximum atomic E-state index is 9.12. The smallest absolute Gasteiger partial charge is 0.0726 e. The molecule has 1 aliphatic carbocycles. The molecule has 0 amide bonds. The summed E-state index contributed by atoms with van der Waals surface area (Å²) < 4.78 is 1.10. The quantitative estimate of drug-likeness (QED) is 0.643. The largest absolute Gasteiger partial charge is 0.198 e. The summed E-state index contributed by atoms with van der Waals surface area (Å²) in [6.07, 6.45) is 4.50. The zero-order chi connectivity index (χ0) is 9.97. The molecule has 2 rings (SSSR count). The molecule has 0 radical (unpaired) electrons. The molecule has 0 aliphatic heterocycles.